The Morgan fingerprint density at radius 3 is 2.78 bits per heavy atom. The van der Waals surface area contributed by atoms with Gasteiger partial charge in [0.25, 0.3) is 0 Å². The molecule has 1 aromatic heterocycles. The maximum Gasteiger partial charge on any atom is 0.227 e. The van der Waals surface area contributed by atoms with Crippen LogP contribution in [0.3, 0.4) is 0 Å². The summed E-state index contributed by atoms with van der Waals surface area (Å²) in [5.74, 6) is 3.03. The van der Waals surface area contributed by atoms with Crippen LogP contribution in [0.25, 0.3) is 11.4 Å². The van der Waals surface area contributed by atoms with Crippen LogP contribution in [0.2, 0.25) is 0 Å². The van der Waals surface area contributed by atoms with E-state index in [2.05, 4.69) is 33.1 Å². The fraction of sp³-hybridized carbons (Fsp3) is 0.529. The second-order valence-electron chi connectivity index (χ2n) is 7.07. The van der Waals surface area contributed by atoms with Crippen LogP contribution < -0.4 is 24.0 Å². The van der Waals surface area contributed by atoms with E-state index in [9.17, 15) is 0 Å². The highest BCUT2D eigenvalue weighted by atomic mass is 127. The van der Waals surface area contributed by atoms with Crippen LogP contribution in [0.4, 0.5) is 0 Å². The number of rotatable bonds is 3. The Morgan fingerprint density at radius 2 is 2.09 bits per heavy atom. The molecule has 0 amide bonds. The van der Waals surface area contributed by atoms with Crippen molar-refractivity contribution in [2.45, 2.75) is 19.3 Å². The van der Waals surface area contributed by atoms with Crippen molar-refractivity contribution in [3.63, 3.8) is 0 Å². The largest absolute Gasteiger partial charge is 1.00 e. The summed E-state index contributed by atoms with van der Waals surface area (Å²) in [6.45, 7) is 3.95. The van der Waals surface area contributed by atoms with E-state index >= 15 is 0 Å². The third-order valence-electron chi connectivity index (χ3n) is 5.41. The summed E-state index contributed by atoms with van der Waals surface area (Å²) >= 11 is 3.49. The van der Waals surface area contributed by atoms with E-state index < -0.39 is 0 Å². The molecule has 1 atom stereocenters. The van der Waals surface area contributed by atoms with Crippen molar-refractivity contribution in [3.05, 3.63) is 34.6 Å². The predicted octanol–water partition coefficient (Wildman–Crippen LogP) is 0.532. The molecule has 0 saturated carbocycles. The smallest absolute Gasteiger partial charge is 0.227 e. The molecule has 3 aliphatic rings. The molecule has 0 radical (unpaired) electrons. The second kappa shape index (κ2) is 6.80. The maximum absolute atomic E-state index is 5.52. The maximum atomic E-state index is 5.52. The van der Waals surface area contributed by atoms with Gasteiger partial charge in [0.15, 0.2) is 0 Å². The van der Waals surface area contributed by atoms with Gasteiger partial charge in [0.05, 0.1) is 26.7 Å². The third-order valence-corrected chi connectivity index (χ3v) is 5.90. The molecular weight excluding hydrogens is 469 g/mol. The number of hydrogen-bond acceptors (Lipinski definition) is 3. The fourth-order valence-corrected chi connectivity index (χ4v) is 4.52. The number of benzene rings is 1. The molecule has 4 nitrogen and oxygen atoms in total. The van der Waals surface area contributed by atoms with E-state index in [4.69, 9.17) is 4.52 Å². The molecule has 5 rings (SSSR count). The lowest BCUT2D eigenvalue weighted by Gasteiger charge is -2.50. The van der Waals surface area contributed by atoms with Gasteiger partial charge in [0.2, 0.25) is 11.7 Å². The van der Waals surface area contributed by atoms with Crippen molar-refractivity contribution >= 4 is 15.9 Å². The van der Waals surface area contributed by atoms with Crippen molar-refractivity contribution in [2.75, 3.05) is 26.7 Å². The predicted molar refractivity (Wildman–Crippen MR) is 88.1 cm³/mol. The van der Waals surface area contributed by atoms with Gasteiger partial charge in [0.1, 0.15) is 0 Å². The van der Waals surface area contributed by atoms with Gasteiger partial charge in [-0.25, -0.2) is 0 Å². The summed E-state index contributed by atoms with van der Waals surface area (Å²) in [6.07, 6.45) is 3.64. The standard InChI is InChI=1S/C17H21BrN3O.HI/c1-21-7-5-12(6-8-21)14(11-21)10-16-19-17(20-22-16)13-3-2-4-15(18)9-13;/h2-4,9,12,14H,5-8,10-11H2,1H3;1H/q+1;/p-1. The van der Waals surface area contributed by atoms with Gasteiger partial charge in [-0.15, -0.1) is 0 Å². The molecule has 0 N–H and O–H groups in total. The number of hydrogen-bond donors (Lipinski definition) is 0. The van der Waals surface area contributed by atoms with Gasteiger partial charge in [0, 0.05) is 35.2 Å². The van der Waals surface area contributed by atoms with Crippen LogP contribution in [-0.2, 0) is 6.42 Å². The van der Waals surface area contributed by atoms with Crippen molar-refractivity contribution < 1.29 is 33.0 Å². The molecule has 2 bridgehead atoms. The number of nitrogens with zero attached hydrogens (tertiary/aromatic N) is 3. The lowest BCUT2D eigenvalue weighted by molar-refractivity contribution is -0.929. The van der Waals surface area contributed by atoms with Gasteiger partial charge in [-0.2, -0.15) is 4.98 Å². The highest BCUT2D eigenvalue weighted by molar-refractivity contribution is 9.10. The van der Waals surface area contributed by atoms with Gasteiger partial charge in [-0.3, -0.25) is 0 Å². The molecule has 0 aliphatic carbocycles. The number of halogens is 2. The summed E-state index contributed by atoms with van der Waals surface area (Å²) in [4.78, 5) is 4.62. The Kier molecular flexibility index (Phi) is 5.13. The zero-order valence-electron chi connectivity index (χ0n) is 13.2. The van der Waals surface area contributed by atoms with E-state index in [0.717, 1.165) is 28.3 Å². The first-order valence-electron chi connectivity index (χ1n) is 8.03. The molecule has 3 saturated heterocycles. The Balaban J connectivity index is 0.00000156. The van der Waals surface area contributed by atoms with Crippen LogP contribution in [0.1, 0.15) is 18.7 Å². The lowest BCUT2D eigenvalue weighted by atomic mass is 9.76. The molecule has 23 heavy (non-hydrogen) atoms. The van der Waals surface area contributed by atoms with Gasteiger partial charge in [-0.1, -0.05) is 33.2 Å². The molecule has 124 valence electrons. The average molecular weight is 490 g/mol. The van der Waals surface area contributed by atoms with Crippen LogP contribution in [-0.4, -0.2) is 41.3 Å². The Labute approximate surface area is 162 Å². The van der Waals surface area contributed by atoms with E-state index in [0.29, 0.717) is 11.7 Å². The van der Waals surface area contributed by atoms with E-state index in [1.165, 1.54) is 37.0 Å². The SMILES string of the molecule is C[N+]12CCC(CC1)C(Cc1nc(-c3cccc(Br)c3)no1)C2.[I-]. The van der Waals surface area contributed by atoms with E-state index in [1.807, 2.05) is 24.3 Å². The molecule has 3 aliphatic heterocycles. The first kappa shape index (κ1) is 17.4. The third kappa shape index (κ3) is 3.64. The topological polar surface area (TPSA) is 38.9 Å². The zero-order valence-corrected chi connectivity index (χ0v) is 17.0. The minimum absolute atomic E-state index is 0. The molecule has 4 heterocycles. The van der Waals surface area contributed by atoms with Crippen LogP contribution in [0.5, 0.6) is 0 Å². The molecular formula is C17H21BrIN3O. The quantitative estimate of drug-likeness (QED) is 0.466. The Morgan fingerprint density at radius 1 is 1.30 bits per heavy atom. The van der Waals surface area contributed by atoms with Gasteiger partial charge >= 0.3 is 0 Å². The normalized spacial score (nSPS) is 29.3. The monoisotopic (exact) mass is 489 g/mol. The number of fused-ring (bicyclic) bond motifs is 3. The summed E-state index contributed by atoms with van der Waals surface area (Å²) < 4.78 is 7.78. The summed E-state index contributed by atoms with van der Waals surface area (Å²) in [6, 6.07) is 8.03. The van der Waals surface area contributed by atoms with Crippen LogP contribution in [0, 0.1) is 11.8 Å². The van der Waals surface area contributed by atoms with Gasteiger partial charge in [-0.05, 0) is 18.1 Å². The molecule has 1 aromatic carbocycles. The highest BCUT2D eigenvalue weighted by Crippen LogP contribution is 2.38. The minimum Gasteiger partial charge on any atom is -1.00 e. The first-order chi connectivity index (χ1) is 10.6. The zero-order chi connectivity index (χ0) is 15.2. The molecule has 3 fully saturated rings. The highest BCUT2D eigenvalue weighted by Gasteiger charge is 2.43. The summed E-state index contributed by atoms with van der Waals surface area (Å²) in [5, 5.41) is 4.16. The van der Waals surface area contributed by atoms with Crippen LogP contribution >= 0.6 is 15.9 Å². The average Bonchev–Trinajstić information content (AvgIpc) is 2.96. The van der Waals surface area contributed by atoms with Crippen molar-refractivity contribution in [1.82, 2.24) is 10.1 Å². The number of aromatic nitrogens is 2. The second-order valence-corrected chi connectivity index (χ2v) is 7.99. The van der Waals surface area contributed by atoms with Gasteiger partial charge < -0.3 is 33.0 Å². The fourth-order valence-electron chi connectivity index (χ4n) is 4.12. The number of piperidine rings is 3. The Bertz CT molecular complexity index is 682. The first-order valence-corrected chi connectivity index (χ1v) is 8.83. The van der Waals surface area contributed by atoms with E-state index in [1.54, 1.807) is 0 Å². The molecule has 1 unspecified atom stereocenters. The summed E-state index contributed by atoms with van der Waals surface area (Å²) in [7, 11) is 2.39. The Hall–Kier alpha value is -0.470. The molecule has 6 heteroatoms. The number of quaternary nitrogens is 1. The molecule has 2 aromatic rings. The van der Waals surface area contributed by atoms with Crippen molar-refractivity contribution in [2.24, 2.45) is 11.8 Å². The minimum atomic E-state index is 0. The van der Waals surface area contributed by atoms with E-state index in [-0.39, 0.29) is 24.0 Å². The lowest BCUT2D eigenvalue weighted by Crippen LogP contribution is -3.00. The molecule has 0 spiro atoms. The van der Waals surface area contributed by atoms with Crippen LogP contribution in [0.15, 0.2) is 33.3 Å². The van der Waals surface area contributed by atoms with Crippen molar-refractivity contribution in [1.29, 1.82) is 0 Å². The van der Waals surface area contributed by atoms with Crippen molar-refractivity contribution in [3.8, 4) is 11.4 Å². The summed E-state index contributed by atoms with van der Waals surface area (Å²) in [5.41, 5.74) is 0.997.